The third-order valence-electron chi connectivity index (χ3n) is 4.00. The third-order valence-corrected chi connectivity index (χ3v) is 4.78. The van der Waals surface area contributed by atoms with Crippen LogP contribution < -0.4 is 10.4 Å². The molecule has 0 aliphatic rings. The standard InChI is InChI=1S/C19H11F2N5O2S/c20-16-2-1-3-17(21)15(16)10-25-11-24-26(19(25)27)12-4-6-13(7-5-12)28-18-23-9-14(8-22)29-18/h1-7,9,11H,10H2. The van der Waals surface area contributed by atoms with Gasteiger partial charge >= 0.3 is 5.69 Å². The normalized spacial score (nSPS) is 10.7. The zero-order valence-electron chi connectivity index (χ0n) is 14.6. The molecule has 144 valence electrons. The molecule has 0 fully saturated rings. The Labute approximate surface area is 166 Å². The highest BCUT2D eigenvalue weighted by atomic mass is 32.1. The average Bonchev–Trinajstić information content (AvgIpc) is 3.32. The minimum atomic E-state index is -0.729. The summed E-state index contributed by atoms with van der Waals surface area (Å²) in [6, 6.07) is 12.0. The predicted molar refractivity (Wildman–Crippen MR) is 100 cm³/mol. The molecule has 0 aliphatic heterocycles. The van der Waals surface area contributed by atoms with Gasteiger partial charge in [0, 0.05) is 5.56 Å². The summed E-state index contributed by atoms with van der Waals surface area (Å²) in [5, 5.41) is 13.1. The lowest BCUT2D eigenvalue weighted by Gasteiger charge is -2.05. The van der Waals surface area contributed by atoms with Gasteiger partial charge in [0.1, 0.15) is 34.7 Å². The molecule has 0 bridgehead atoms. The smallest absolute Gasteiger partial charge is 0.350 e. The first kappa shape index (κ1) is 18.5. The lowest BCUT2D eigenvalue weighted by atomic mass is 10.2. The molecule has 0 amide bonds. The zero-order valence-corrected chi connectivity index (χ0v) is 15.4. The Balaban J connectivity index is 1.55. The number of benzene rings is 2. The number of nitrogens with zero attached hydrogens (tertiary/aromatic N) is 5. The van der Waals surface area contributed by atoms with E-state index in [1.165, 1.54) is 18.6 Å². The molecule has 2 heterocycles. The van der Waals surface area contributed by atoms with Crippen molar-refractivity contribution < 1.29 is 13.5 Å². The lowest BCUT2D eigenvalue weighted by molar-refractivity contribution is 0.478. The van der Waals surface area contributed by atoms with Crippen molar-refractivity contribution in [3.05, 3.63) is 87.5 Å². The van der Waals surface area contributed by atoms with Gasteiger partial charge in [0.2, 0.25) is 0 Å². The summed E-state index contributed by atoms with van der Waals surface area (Å²) in [6.07, 6.45) is 2.64. The average molecular weight is 411 g/mol. The van der Waals surface area contributed by atoms with Gasteiger partial charge in [-0.3, -0.25) is 4.57 Å². The number of aromatic nitrogens is 4. The number of hydrogen-bond acceptors (Lipinski definition) is 6. The molecular weight excluding hydrogens is 400 g/mol. The van der Waals surface area contributed by atoms with E-state index in [4.69, 9.17) is 10.00 Å². The molecule has 7 nitrogen and oxygen atoms in total. The van der Waals surface area contributed by atoms with Crippen molar-refractivity contribution in [3.8, 4) is 22.7 Å². The molecule has 0 spiro atoms. The summed E-state index contributed by atoms with van der Waals surface area (Å²) in [4.78, 5) is 17.0. The van der Waals surface area contributed by atoms with E-state index in [2.05, 4.69) is 10.1 Å². The van der Waals surface area contributed by atoms with Crippen LogP contribution in [0.4, 0.5) is 8.78 Å². The van der Waals surface area contributed by atoms with Crippen LogP contribution >= 0.6 is 11.3 Å². The van der Waals surface area contributed by atoms with E-state index in [0.29, 0.717) is 21.5 Å². The Kier molecular flexibility index (Phi) is 4.88. The van der Waals surface area contributed by atoms with E-state index < -0.39 is 17.3 Å². The Hall–Kier alpha value is -3.84. The molecule has 0 saturated carbocycles. The van der Waals surface area contributed by atoms with Crippen molar-refractivity contribution in [2.24, 2.45) is 0 Å². The van der Waals surface area contributed by atoms with Crippen LogP contribution in [0.15, 0.2) is 59.8 Å². The Morgan fingerprint density at radius 2 is 1.86 bits per heavy atom. The van der Waals surface area contributed by atoms with E-state index in [0.717, 1.165) is 32.7 Å². The molecule has 0 saturated heterocycles. The highest BCUT2D eigenvalue weighted by Crippen LogP contribution is 2.26. The number of ether oxygens (including phenoxy) is 1. The van der Waals surface area contributed by atoms with E-state index in [1.807, 2.05) is 6.07 Å². The molecule has 0 atom stereocenters. The van der Waals surface area contributed by atoms with Gasteiger partial charge in [0.25, 0.3) is 5.19 Å². The molecule has 0 aliphatic carbocycles. The summed E-state index contributed by atoms with van der Waals surface area (Å²) in [5.74, 6) is -0.991. The van der Waals surface area contributed by atoms with Gasteiger partial charge in [-0.1, -0.05) is 17.4 Å². The second-order valence-corrected chi connectivity index (χ2v) is 6.84. The topological polar surface area (TPSA) is 85.7 Å². The van der Waals surface area contributed by atoms with E-state index in [-0.39, 0.29) is 12.1 Å². The molecule has 0 unspecified atom stereocenters. The number of hydrogen-bond donors (Lipinski definition) is 0. The van der Waals surface area contributed by atoms with Crippen LogP contribution in [0.1, 0.15) is 10.4 Å². The summed E-state index contributed by atoms with van der Waals surface area (Å²) in [7, 11) is 0. The van der Waals surface area contributed by atoms with Crippen LogP contribution in [0, 0.1) is 23.0 Å². The quantitative estimate of drug-likeness (QED) is 0.502. The number of halogens is 2. The van der Waals surface area contributed by atoms with Crippen molar-refractivity contribution >= 4 is 11.3 Å². The van der Waals surface area contributed by atoms with E-state index in [9.17, 15) is 13.6 Å². The molecule has 2 aromatic heterocycles. The summed E-state index contributed by atoms with van der Waals surface area (Å²) >= 11 is 1.11. The van der Waals surface area contributed by atoms with Crippen LogP contribution in [0.5, 0.6) is 10.9 Å². The van der Waals surface area contributed by atoms with Gasteiger partial charge in [0.05, 0.1) is 18.4 Å². The van der Waals surface area contributed by atoms with Gasteiger partial charge in [-0.25, -0.2) is 18.6 Å². The molecule has 29 heavy (non-hydrogen) atoms. The molecule has 2 aromatic carbocycles. The highest BCUT2D eigenvalue weighted by molar-refractivity contribution is 7.13. The summed E-state index contributed by atoms with van der Waals surface area (Å²) in [6.45, 7) is -0.274. The fourth-order valence-corrected chi connectivity index (χ4v) is 3.17. The molecule has 10 heteroatoms. The second kappa shape index (κ2) is 7.65. The van der Waals surface area contributed by atoms with Crippen molar-refractivity contribution in [1.29, 1.82) is 5.26 Å². The van der Waals surface area contributed by atoms with Crippen LogP contribution in [-0.2, 0) is 6.54 Å². The Morgan fingerprint density at radius 3 is 2.52 bits per heavy atom. The molecule has 4 rings (SSSR count). The minimum Gasteiger partial charge on any atom is -0.431 e. The third kappa shape index (κ3) is 3.76. The number of nitriles is 1. The first-order chi connectivity index (χ1) is 14.0. The second-order valence-electron chi connectivity index (χ2n) is 5.85. The predicted octanol–water partition coefficient (Wildman–Crippen LogP) is 3.48. The maximum absolute atomic E-state index is 13.8. The number of rotatable bonds is 5. The fraction of sp³-hybridized carbons (Fsp3) is 0.0526. The lowest BCUT2D eigenvalue weighted by Crippen LogP contribution is -2.24. The number of thiazole rings is 1. The van der Waals surface area contributed by atoms with Crippen molar-refractivity contribution in [3.63, 3.8) is 0 Å². The highest BCUT2D eigenvalue weighted by Gasteiger charge is 2.13. The van der Waals surface area contributed by atoms with Crippen LogP contribution in [0.2, 0.25) is 0 Å². The van der Waals surface area contributed by atoms with Crippen molar-refractivity contribution in [2.45, 2.75) is 6.54 Å². The summed E-state index contributed by atoms with van der Waals surface area (Å²) in [5.41, 5.74) is -0.301. The van der Waals surface area contributed by atoms with Crippen molar-refractivity contribution in [2.75, 3.05) is 0 Å². The monoisotopic (exact) mass is 411 g/mol. The molecule has 4 aromatic rings. The van der Waals surface area contributed by atoms with Crippen LogP contribution in [0.25, 0.3) is 5.69 Å². The first-order valence-corrected chi connectivity index (χ1v) is 9.08. The van der Waals surface area contributed by atoms with Gasteiger partial charge in [-0.05, 0) is 36.4 Å². The summed E-state index contributed by atoms with van der Waals surface area (Å²) < 4.78 is 35.4. The van der Waals surface area contributed by atoms with Gasteiger partial charge in [-0.15, -0.1) is 0 Å². The molecule has 0 radical (unpaired) electrons. The Morgan fingerprint density at radius 1 is 1.14 bits per heavy atom. The van der Waals surface area contributed by atoms with Gasteiger partial charge < -0.3 is 4.74 Å². The fourth-order valence-electron chi connectivity index (χ4n) is 2.59. The van der Waals surface area contributed by atoms with Crippen LogP contribution in [0.3, 0.4) is 0 Å². The molecular formula is C19H11F2N5O2S. The Bertz CT molecular complexity index is 1250. The van der Waals surface area contributed by atoms with Crippen molar-refractivity contribution in [1.82, 2.24) is 19.3 Å². The van der Waals surface area contributed by atoms with Gasteiger partial charge in [0.15, 0.2) is 0 Å². The minimum absolute atomic E-state index is 0.210. The van der Waals surface area contributed by atoms with Gasteiger partial charge in [-0.2, -0.15) is 15.0 Å². The maximum Gasteiger partial charge on any atom is 0.350 e. The van der Waals surface area contributed by atoms with Crippen LogP contribution in [-0.4, -0.2) is 19.3 Å². The zero-order chi connectivity index (χ0) is 20.4. The largest absolute Gasteiger partial charge is 0.431 e. The van der Waals surface area contributed by atoms with E-state index >= 15 is 0 Å². The maximum atomic E-state index is 13.8. The molecule has 0 N–H and O–H groups in total. The first-order valence-electron chi connectivity index (χ1n) is 8.27. The SMILES string of the molecule is N#Cc1cnc(Oc2ccc(-n3ncn(Cc4c(F)cccc4F)c3=O)cc2)s1. The van der Waals surface area contributed by atoms with E-state index in [1.54, 1.807) is 24.3 Å².